The van der Waals surface area contributed by atoms with Crippen LogP contribution in [0.2, 0.25) is 0 Å². The van der Waals surface area contributed by atoms with Gasteiger partial charge in [0, 0.05) is 0 Å². The Labute approximate surface area is 85.7 Å². The van der Waals surface area contributed by atoms with E-state index >= 15 is 0 Å². The molecule has 0 aromatic carbocycles. The zero-order chi connectivity index (χ0) is 10.8. The van der Waals surface area contributed by atoms with Gasteiger partial charge in [0.2, 0.25) is 0 Å². The van der Waals surface area contributed by atoms with Crippen LogP contribution in [0.25, 0.3) is 0 Å². The van der Waals surface area contributed by atoms with Gasteiger partial charge in [-0.05, 0) is 11.8 Å². The summed E-state index contributed by atoms with van der Waals surface area (Å²) in [6, 6.07) is 0. The van der Waals surface area contributed by atoms with Crippen molar-refractivity contribution in [3.05, 3.63) is 0 Å². The predicted molar refractivity (Wildman–Crippen MR) is 53.6 cm³/mol. The summed E-state index contributed by atoms with van der Waals surface area (Å²) >= 11 is 0. The fraction of sp³-hybridized carbons (Fsp3) is 1.00. The van der Waals surface area contributed by atoms with Crippen LogP contribution < -0.4 is 0 Å². The first-order chi connectivity index (χ1) is 6.29. The molecule has 0 radical (unpaired) electrons. The molecule has 1 atom stereocenters. The van der Waals surface area contributed by atoms with E-state index in [1.54, 1.807) is 0 Å². The fourth-order valence-electron chi connectivity index (χ4n) is 0.836. The molecule has 1 saturated heterocycles. The maximum atomic E-state index is 11.3. The smallest absolute Gasteiger partial charge is 0.267 e. The molecular weight excluding hydrogens is 204 g/mol. The molecule has 0 spiro atoms. The molecular formula is C9H18O4S. The molecule has 0 bridgehead atoms. The molecule has 0 aliphatic carbocycles. The summed E-state index contributed by atoms with van der Waals surface area (Å²) in [6.07, 6.45) is 0.690. The second-order valence-corrected chi connectivity index (χ2v) is 6.59. The van der Waals surface area contributed by atoms with Gasteiger partial charge in [-0.2, -0.15) is 8.42 Å². The van der Waals surface area contributed by atoms with Crippen molar-refractivity contribution < 1.29 is 17.3 Å². The van der Waals surface area contributed by atoms with Gasteiger partial charge in [0.05, 0.1) is 25.1 Å². The van der Waals surface area contributed by atoms with E-state index in [9.17, 15) is 8.42 Å². The van der Waals surface area contributed by atoms with Crippen LogP contribution in [0.3, 0.4) is 0 Å². The first kappa shape index (κ1) is 11.9. The molecule has 0 unspecified atom stereocenters. The highest BCUT2D eigenvalue weighted by atomic mass is 32.2. The molecule has 1 aliphatic rings. The third-order valence-electron chi connectivity index (χ3n) is 1.76. The summed E-state index contributed by atoms with van der Waals surface area (Å²) in [7, 11) is -3.35. The van der Waals surface area contributed by atoms with Crippen LogP contribution in [0.5, 0.6) is 0 Å². The van der Waals surface area contributed by atoms with Crippen molar-refractivity contribution in [3.8, 4) is 0 Å². The van der Waals surface area contributed by atoms with Crippen molar-refractivity contribution in [2.75, 3.05) is 19.0 Å². The lowest BCUT2D eigenvalue weighted by Crippen LogP contribution is -2.20. The van der Waals surface area contributed by atoms with Gasteiger partial charge in [-0.1, -0.05) is 20.8 Å². The molecule has 4 nitrogen and oxygen atoms in total. The molecule has 0 amide bonds. The molecule has 0 aromatic rings. The van der Waals surface area contributed by atoms with E-state index in [1.165, 1.54) is 0 Å². The second-order valence-electron chi connectivity index (χ2n) is 4.83. The maximum Gasteiger partial charge on any atom is 0.267 e. The van der Waals surface area contributed by atoms with E-state index in [0.717, 1.165) is 0 Å². The Balaban J connectivity index is 2.25. The molecule has 5 heteroatoms. The lowest BCUT2D eigenvalue weighted by atomic mass is 9.99. The highest BCUT2D eigenvalue weighted by Crippen LogP contribution is 2.17. The van der Waals surface area contributed by atoms with Gasteiger partial charge in [-0.15, -0.1) is 0 Å². The third kappa shape index (κ3) is 5.57. The zero-order valence-electron chi connectivity index (χ0n) is 8.95. The first-order valence-corrected chi connectivity index (χ1v) is 6.35. The van der Waals surface area contributed by atoms with Gasteiger partial charge in [0.25, 0.3) is 10.1 Å². The maximum absolute atomic E-state index is 11.3. The topological polar surface area (TPSA) is 55.9 Å². The Hall–Kier alpha value is -0.130. The standard InChI is InChI=1S/C9H18O4S/c1-9(2,3)7-13-14(10,11)5-4-8-6-12-8/h8H,4-7H2,1-3H3/t8-/m0/s1. The van der Waals surface area contributed by atoms with Crippen molar-refractivity contribution in [3.63, 3.8) is 0 Å². The van der Waals surface area contributed by atoms with E-state index in [-0.39, 0.29) is 23.9 Å². The van der Waals surface area contributed by atoms with Gasteiger partial charge in [0.15, 0.2) is 0 Å². The van der Waals surface area contributed by atoms with Gasteiger partial charge in [0.1, 0.15) is 0 Å². The predicted octanol–water partition coefficient (Wildman–Crippen LogP) is 1.17. The first-order valence-electron chi connectivity index (χ1n) is 4.77. The van der Waals surface area contributed by atoms with Crippen LogP contribution in [0, 0.1) is 5.41 Å². The van der Waals surface area contributed by atoms with Crippen molar-refractivity contribution in [2.45, 2.75) is 33.3 Å². The summed E-state index contributed by atoms with van der Waals surface area (Å²) in [4.78, 5) is 0. The summed E-state index contributed by atoms with van der Waals surface area (Å²) in [6.45, 7) is 6.74. The average molecular weight is 222 g/mol. The quantitative estimate of drug-likeness (QED) is 0.517. The summed E-state index contributed by atoms with van der Waals surface area (Å²) in [5.41, 5.74) is -0.122. The summed E-state index contributed by atoms with van der Waals surface area (Å²) in [5.74, 6) is 0.0632. The largest absolute Gasteiger partial charge is 0.373 e. The number of ether oxygens (including phenoxy) is 1. The Bertz CT molecular complexity index is 272. The Kier molecular flexibility index (Phi) is 3.55. The fourth-order valence-corrected chi connectivity index (χ4v) is 2.04. The monoisotopic (exact) mass is 222 g/mol. The van der Waals surface area contributed by atoms with Crippen LogP contribution >= 0.6 is 0 Å². The molecule has 0 N–H and O–H groups in total. The van der Waals surface area contributed by atoms with Crippen molar-refractivity contribution in [1.82, 2.24) is 0 Å². The van der Waals surface area contributed by atoms with Crippen LogP contribution in [0.1, 0.15) is 27.2 Å². The molecule has 1 heterocycles. The lowest BCUT2D eigenvalue weighted by Gasteiger charge is -2.17. The number of epoxide rings is 1. The Morgan fingerprint density at radius 1 is 1.43 bits per heavy atom. The third-order valence-corrected chi connectivity index (χ3v) is 2.98. The van der Waals surface area contributed by atoms with Crippen LogP contribution in [-0.4, -0.2) is 33.5 Å². The minimum atomic E-state index is -3.35. The van der Waals surface area contributed by atoms with E-state index < -0.39 is 10.1 Å². The van der Waals surface area contributed by atoms with E-state index in [2.05, 4.69) is 0 Å². The van der Waals surface area contributed by atoms with Crippen LogP contribution in [0.15, 0.2) is 0 Å². The van der Waals surface area contributed by atoms with Crippen LogP contribution in [-0.2, 0) is 19.0 Å². The second kappa shape index (κ2) is 4.16. The zero-order valence-corrected chi connectivity index (χ0v) is 9.76. The average Bonchev–Trinajstić information content (AvgIpc) is 2.79. The van der Waals surface area contributed by atoms with E-state index in [4.69, 9.17) is 8.92 Å². The number of hydrogen-bond acceptors (Lipinski definition) is 4. The number of hydrogen-bond donors (Lipinski definition) is 0. The minimum Gasteiger partial charge on any atom is -0.373 e. The number of rotatable bonds is 5. The SMILES string of the molecule is CC(C)(C)COS(=O)(=O)CC[C@H]1CO1. The molecule has 1 aliphatic heterocycles. The van der Waals surface area contributed by atoms with E-state index in [0.29, 0.717) is 13.0 Å². The highest BCUT2D eigenvalue weighted by molar-refractivity contribution is 7.86. The van der Waals surface area contributed by atoms with Crippen LogP contribution in [0.4, 0.5) is 0 Å². The molecule has 0 saturated carbocycles. The molecule has 0 aromatic heterocycles. The lowest BCUT2D eigenvalue weighted by molar-refractivity contribution is 0.203. The summed E-state index contributed by atoms with van der Waals surface area (Å²) in [5, 5.41) is 0. The van der Waals surface area contributed by atoms with Gasteiger partial charge >= 0.3 is 0 Å². The molecule has 1 fully saturated rings. The minimum absolute atomic E-state index is 0.0632. The highest BCUT2D eigenvalue weighted by Gasteiger charge is 2.26. The van der Waals surface area contributed by atoms with Gasteiger partial charge < -0.3 is 4.74 Å². The Morgan fingerprint density at radius 3 is 2.43 bits per heavy atom. The molecule has 1 rings (SSSR count). The Morgan fingerprint density at radius 2 is 2.00 bits per heavy atom. The van der Waals surface area contributed by atoms with Crippen molar-refractivity contribution in [1.29, 1.82) is 0 Å². The van der Waals surface area contributed by atoms with Gasteiger partial charge in [-0.3, -0.25) is 4.18 Å². The molecule has 14 heavy (non-hydrogen) atoms. The molecule has 84 valence electrons. The van der Waals surface area contributed by atoms with Crippen molar-refractivity contribution in [2.24, 2.45) is 5.41 Å². The van der Waals surface area contributed by atoms with E-state index in [1.807, 2.05) is 20.8 Å². The normalized spacial score (nSPS) is 22.4. The van der Waals surface area contributed by atoms with Crippen molar-refractivity contribution >= 4 is 10.1 Å². The van der Waals surface area contributed by atoms with Gasteiger partial charge in [-0.25, -0.2) is 0 Å². The summed E-state index contributed by atoms with van der Waals surface area (Å²) < 4.78 is 32.5.